The Labute approximate surface area is 116 Å². The van der Waals surface area contributed by atoms with Crippen LogP contribution in [0, 0.1) is 0 Å². The lowest BCUT2D eigenvalue weighted by atomic mass is 9.83. The maximum Gasteiger partial charge on any atom is 0.0678 e. The summed E-state index contributed by atoms with van der Waals surface area (Å²) in [5, 5.41) is 0. The van der Waals surface area contributed by atoms with Crippen LogP contribution in [0.1, 0.15) is 33.3 Å². The molecule has 0 unspecified atom stereocenters. The van der Waals surface area contributed by atoms with Crippen molar-refractivity contribution >= 4 is 5.69 Å². The average Bonchev–Trinajstić information content (AvgIpc) is 2.27. The highest BCUT2D eigenvalue weighted by Gasteiger charge is 2.28. The van der Waals surface area contributed by atoms with Gasteiger partial charge in [-0.25, -0.2) is 0 Å². The highest BCUT2D eigenvalue weighted by Crippen LogP contribution is 2.26. The zero-order valence-electron chi connectivity index (χ0n) is 12.5. The van der Waals surface area contributed by atoms with E-state index in [0.29, 0.717) is 12.2 Å². The van der Waals surface area contributed by atoms with E-state index < -0.39 is 0 Å². The summed E-state index contributed by atoms with van der Waals surface area (Å²) in [6.07, 6.45) is 0.650. The first-order valence-electron chi connectivity index (χ1n) is 7.10. The number of nitrogen functional groups attached to an aromatic ring is 1. The largest absolute Gasteiger partial charge is 0.399 e. The number of rotatable bonds is 3. The second kappa shape index (κ2) is 5.51. The lowest BCUT2D eigenvalue weighted by Crippen LogP contribution is -2.49. The van der Waals surface area contributed by atoms with Crippen molar-refractivity contribution in [2.45, 2.75) is 45.3 Å². The van der Waals surface area contributed by atoms with E-state index in [0.717, 1.165) is 25.3 Å². The SMILES string of the molecule is C[C@@H]1CN(CC(C)(C)c2ccc(N)cc2)C[C@H](C)O1. The summed E-state index contributed by atoms with van der Waals surface area (Å²) >= 11 is 0. The van der Waals surface area contributed by atoms with E-state index in [9.17, 15) is 0 Å². The zero-order valence-corrected chi connectivity index (χ0v) is 12.5. The molecule has 0 radical (unpaired) electrons. The van der Waals surface area contributed by atoms with E-state index >= 15 is 0 Å². The van der Waals surface area contributed by atoms with Gasteiger partial charge in [0.05, 0.1) is 12.2 Å². The van der Waals surface area contributed by atoms with Crippen LogP contribution in [0.15, 0.2) is 24.3 Å². The van der Waals surface area contributed by atoms with E-state index in [1.54, 1.807) is 0 Å². The quantitative estimate of drug-likeness (QED) is 0.851. The molecule has 3 nitrogen and oxygen atoms in total. The molecular weight excluding hydrogens is 236 g/mol. The summed E-state index contributed by atoms with van der Waals surface area (Å²) in [5.74, 6) is 0. The van der Waals surface area contributed by atoms with Crippen LogP contribution in [0.3, 0.4) is 0 Å². The second-order valence-corrected chi connectivity index (χ2v) is 6.46. The van der Waals surface area contributed by atoms with Crippen LogP contribution in [-0.4, -0.2) is 36.7 Å². The van der Waals surface area contributed by atoms with Gasteiger partial charge in [-0.05, 0) is 31.5 Å². The molecule has 0 spiro atoms. The van der Waals surface area contributed by atoms with Crippen LogP contribution >= 0.6 is 0 Å². The Morgan fingerprint density at radius 2 is 1.68 bits per heavy atom. The summed E-state index contributed by atoms with van der Waals surface area (Å²) in [6, 6.07) is 8.26. The standard InChI is InChI=1S/C16H26N2O/c1-12-9-18(10-13(2)19-12)11-16(3,4)14-5-7-15(17)8-6-14/h5-8,12-13H,9-11,17H2,1-4H3/t12-,13+. The molecular formula is C16H26N2O. The number of morpholine rings is 1. The Balaban J connectivity index is 2.05. The molecule has 1 aromatic carbocycles. The van der Waals surface area contributed by atoms with Crippen LogP contribution in [0.2, 0.25) is 0 Å². The van der Waals surface area contributed by atoms with Gasteiger partial charge >= 0.3 is 0 Å². The Kier molecular flexibility index (Phi) is 4.16. The number of nitrogens with zero attached hydrogens (tertiary/aromatic N) is 1. The minimum Gasteiger partial charge on any atom is -0.399 e. The summed E-state index contributed by atoms with van der Waals surface area (Å²) in [5.41, 5.74) is 8.06. The summed E-state index contributed by atoms with van der Waals surface area (Å²) < 4.78 is 5.79. The topological polar surface area (TPSA) is 38.5 Å². The van der Waals surface area contributed by atoms with Gasteiger partial charge in [0.2, 0.25) is 0 Å². The van der Waals surface area contributed by atoms with E-state index in [2.05, 4.69) is 44.7 Å². The third kappa shape index (κ3) is 3.71. The van der Waals surface area contributed by atoms with E-state index in [1.165, 1.54) is 5.56 Å². The zero-order chi connectivity index (χ0) is 14.0. The van der Waals surface area contributed by atoms with Crippen LogP contribution in [-0.2, 0) is 10.2 Å². The van der Waals surface area contributed by atoms with Gasteiger partial charge in [0.15, 0.2) is 0 Å². The number of nitrogens with two attached hydrogens (primary N) is 1. The van der Waals surface area contributed by atoms with Crippen molar-refractivity contribution in [1.29, 1.82) is 0 Å². The lowest BCUT2D eigenvalue weighted by molar-refractivity contribution is -0.0719. The van der Waals surface area contributed by atoms with Crippen LogP contribution in [0.5, 0.6) is 0 Å². The number of ether oxygens (including phenoxy) is 1. The molecule has 3 heteroatoms. The first-order chi connectivity index (χ1) is 8.87. The fourth-order valence-electron chi connectivity index (χ4n) is 3.00. The van der Waals surface area contributed by atoms with Gasteiger partial charge in [0.1, 0.15) is 0 Å². The predicted molar refractivity (Wildman–Crippen MR) is 80.3 cm³/mol. The van der Waals surface area contributed by atoms with Crippen molar-refractivity contribution in [1.82, 2.24) is 4.90 Å². The predicted octanol–water partition coefficient (Wildman–Crippen LogP) is 2.66. The molecule has 0 bridgehead atoms. The van der Waals surface area contributed by atoms with E-state index in [1.807, 2.05) is 12.1 Å². The van der Waals surface area contributed by atoms with Crippen molar-refractivity contribution in [2.75, 3.05) is 25.4 Å². The van der Waals surface area contributed by atoms with Crippen molar-refractivity contribution in [3.05, 3.63) is 29.8 Å². The molecule has 2 N–H and O–H groups in total. The number of hydrogen-bond acceptors (Lipinski definition) is 3. The smallest absolute Gasteiger partial charge is 0.0678 e. The average molecular weight is 262 g/mol. The fourth-order valence-corrected chi connectivity index (χ4v) is 3.00. The minimum absolute atomic E-state index is 0.129. The number of benzene rings is 1. The van der Waals surface area contributed by atoms with Gasteiger partial charge in [-0.2, -0.15) is 0 Å². The molecule has 1 fully saturated rings. The van der Waals surface area contributed by atoms with Crippen molar-refractivity contribution < 1.29 is 4.74 Å². The normalized spacial score (nSPS) is 25.5. The monoisotopic (exact) mass is 262 g/mol. The molecule has 1 saturated heterocycles. The van der Waals surface area contributed by atoms with Gasteiger partial charge in [-0.15, -0.1) is 0 Å². The minimum atomic E-state index is 0.129. The lowest BCUT2D eigenvalue weighted by Gasteiger charge is -2.40. The van der Waals surface area contributed by atoms with Crippen LogP contribution in [0.25, 0.3) is 0 Å². The van der Waals surface area contributed by atoms with Crippen molar-refractivity contribution in [2.24, 2.45) is 0 Å². The molecule has 1 heterocycles. The third-order valence-electron chi connectivity index (χ3n) is 3.81. The van der Waals surface area contributed by atoms with E-state index in [-0.39, 0.29) is 5.41 Å². The molecule has 0 aromatic heterocycles. The summed E-state index contributed by atoms with van der Waals surface area (Å²) in [6.45, 7) is 12.0. The molecule has 2 rings (SSSR count). The number of hydrogen-bond donors (Lipinski definition) is 1. The van der Waals surface area contributed by atoms with E-state index in [4.69, 9.17) is 10.5 Å². The van der Waals surface area contributed by atoms with Gasteiger partial charge in [-0.3, -0.25) is 4.90 Å². The first-order valence-corrected chi connectivity index (χ1v) is 7.10. The molecule has 1 aromatic rings. The summed E-state index contributed by atoms with van der Waals surface area (Å²) in [4.78, 5) is 2.51. The Morgan fingerprint density at radius 3 is 2.21 bits per heavy atom. The molecule has 0 saturated carbocycles. The molecule has 106 valence electrons. The van der Waals surface area contributed by atoms with Crippen LogP contribution in [0.4, 0.5) is 5.69 Å². The first kappa shape index (κ1) is 14.4. The third-order valence-corrected chi connectivity index (χ3v) is 3.81. The highest BCUT2D eigenvalue weighted by atomic mass is 16.5. The molecule has 0 amide bonds. The molecule has 0 aliphatic carbocycles. The van der Waals surface area contributed by atoms with Crippen molar-refractivity contribution in [3.8, 4) is 0 Å². The van der Waals surface area contributed by atoms with Gasteiger partial charge in [-0.1, -0.05) is 26.0 Å². The molecule has 1 aliphatic rings. The fraction of sp³-hybridized carbons (Fsp3) is 0.625. The number of anilines is 1. The second-order valence-electron chi connectivity index (χ2n) is 6.46. The van der Waals surface area contributed by atoms with Crippen LogP contribution < -0.4 is 5.73 Å². The van der Waals surface area contributed by atoms with Gasteiger partial charge in [0.25, 0.3) is 0 Å². The maximum absolute atomic E-state index is 5.79. The Bertz CT molecular complexity index is 403. The highest BCUT2D eigenvalue weighted by molar-refractivity contribution is 5.41. The van der Waals surface area contributed by atoms with Crippen molar-refractivity contribution in [3.63, 3.8) is 0 Å². The van der Waals surface area contributed by atoms with Gasteiger partial charge < -0.3 is 10.5 Å². The maximum atomic E-state index is 5.79. The Morgan fingerprint density at radius 1 is 1.16 bits per heavy atom. The molecule has 19 heavy (non-hydrogen) atoms. The van der Waals surface area contributed by atoms with Gasteiger partial charge in [0, 0.05) is 30.7 Å². The Hall–Kier alpha value is -1.06. The summed E-state index contributed by atoms with van der Waals surface area (Å²) in [7, 11) is 0. The molecule has 2 atom stereocenters. The molecule has 1 aliphatic heterocycles.